The summed E-state index contributed by atoms with van der Waals surface area (Å²) in [6.07, 6.45) is 3.44. The minimum Gasteiger partial charge on any atom is -0.328 e. The van der Waals surface area contributed by atoms with Crippen LogP contribution in [0.15, 0.2) is 48.7 Å². The van der Waals surface area contributed by atoms with Crippen molar-refractivity contribution in [2.24, 2.45) is 0 Å². The van der Waals surface area contributed by atoms with Crippen molar-refractivity contribution < 1.29 is 4.79 Å². The van der Waals surface area contributed by atoms with Gasteiger partial charge in [-0.3, -0.25) is 9.89 Å². The quantitative estimate of drug-likeness (QED) is 0.581. The molecule has 4 aromatic rings. The number of carbonyl (C=O) groups excluding carboxylic acids is 1. The average Bonchev–Trinajstić information content (AvgIpc) is 3.39. The lowest BCUT2D eigenvalue weighted by molar-refractivity contribution is 0.0674. The number of pyridine rings is 1. The average molecular weight is 387 g/mol. The number of nitrogens with zero attached hydrogens (tertiary/aromatic N) is 6. The highest BCUT2D eigenvalue weighted by atomic mass is 16.2. The van der Waals surface area contributed by atoms with E-state index >= 15 is 0 Å². The first kappa shape index (κ1) is 17.5. The number of carbonyl (C=O) groups is 1. The number of fused-ring (bicyclic) bond motifs is 2. The highest BCUT2D eigenvalue weighted by molar-refractivity contribution is 5.94. The van der Waals surface area contributed by atoms with Crippen LogP contribution < -0.4 is 0 Å². The lowest BCUT2D eigenvalue weighted by atomic mass is 10.1. The number of H-pyrrole nitrogens is 1. The lowest BCUT2D eigenvalue weighted by Crippen LogP contribution is -2.41. The monoisotopic (exact) mass is 387 g/mol. The molecular weight excluding hydrogens is 366 g/mol. The largest absolute Gasteiger partial charge is 0.328 e. The Morgan fingerprint density at radius 3 is 2.86 bits per heavy atom. The van der Waals surface area contributed by atoms with Crippen LogP contribution in [0, 0.1) is 0 Å². The van der Waals surface area contributed by atoms with E-state index in [1.807, 2.05) is 12.1 Å². The minimum absolute atomic E-state index is 0.103. The Bertz CT molecular complexity index is 1160. The van der Waals surface area contributed by atoms with Crippen molar-refractivity contribution in [2.45, 2.75) is 32.4 Å². The van der Waals surface area contributed by atoms with Crippen LogP contribution >= 0.6 is 0 Å². The van der Waals surface area contributed by atoms with Gasteiger partial charge in [-0.1, -0.05) is 30.3 Å². The summed E-state index contributed by atoms with van der Waals surface area (Å²) in [7, 11) is 0. The first-order valence-electron chi connectivity index (χ1n) is 9.75. The molecule has 0 bridgehead atoms. The lowest BCUT2D eigenvalue weighted by Gasteiger charge is -2.32. The fourth-order valence-corrected chi connectivity index (χ4v) is 3.95. The van der Waals surface area contributed by atoms with Gasteiger partial charge in [0.05, 0.1) is 18.8 Å². The molecule has 0 saturated heterocycles. The molecule has 1 aromatic carbocycles. The molecule has 146 valence electrons. The number of rotatable bonds is 4. The maximum Gasteiger partial charge on any atom is 0.273 e. The molecule has 8 heteroatoms. The van der Waals surface area contributed by atoms with Gasteiger partial charge in [-0.05, 0) is 31.0 Å². The summed E-state index contributed by atoms with van der Waals surface area (Å²) >= 11 is 0. The van der Waals surface area contributed by atoms with Gasteiger partial charge < -0.3 is 9.47 Å². The van der Waals surface area contributed by atoms with E-state index in [1.54, 1.807) is 17.2 Å². The minimum atomic E-state index is -0.103. The molecule has 1 amide bonds. The molecule has 5 rings (SSSR count). The molecule has 4 heterocycles. The van der Waals surface area contributed by atoms with Gasteiger partial charge in [0.1, 0.15) is 11.5 Å². The Balaban J connectivity index is 1.34. The summed E-state index contributed by atoms with van der Waals surface area (Å²) in [6, 6.07) is 14.1. The molecular formula is C21H21N7O. The fourth-order valence-electron chi connectivity index (χ4n) is 3.95. The molecule has 3 aromatic heterocycles. The van der Waals surface area contributed by atoms with Crippen molar-refractivity contribution in [1.29, 1.82) is 0 Å². The second kappa shape index (κ2) is 7.12. The van der Waals surface area contributed by atoms with E-state index < -0.39 is 0 Å². The zero-order valence-corrected chi connectivity index (χ0v) is 16.1. The number of aryl methyl sites for hydroxylation is 2. The zero-order chi connectivity index (χ0) is 19.8. The van der Waals surface area contributed by atoms with Crippen LogP contribution in [0.4, 0.5) is 0 Å². The Kier molecular flexibility index (Phi) is 4.31. The summed E-state index contributed by atoms with van der Waals surface area (Å²) in [5, 5.41) is 16.4. The van der Waals surface area contributed by atoms with Crippen LogP contribution in [0.25, 0.3) is 11.0 Å². The van der Waals surface area contributed by atoms with E-state index in [9.17, 15) is 4.79 Å². The second-order valence-corrected chi connectivity index (χ2v) is 7.43. The number of hydrogen-bond donors (Lipinski definition) is 1. The summed E-state index contributed by atoms with van der Waals surface area (Å²) in [6.45, 7) is 3.14. The van der Waals surface area contributed by atoms with Gasteiger partial charge in [0, 0.05) is 18.4 Å². The van der Waals surface area contributed by atoms with Crippen LogP contribution in [0.1, 0.15) is 40.7 Å². The van der Waals surface area contributed by atoms with Gasteiger partial charge in [-0.15, -0.1) is 10.2 Å². The third-order valence-corrected chi connectivity index (χ3v) is 5.38. The molecule has 0 unspecified atom stereocenters. The molecule has 1 N–H and O–H groups in total. The fraction of sp³-hybridized carbons (Fsp3) is 0.286. The second-order valence-electron chi connectivity index (χ2n) is 7.43. The maximum atomic E-state index is 13.0. The van der Waals surface area contributed by atoms with E-state index in [2.05, 4.69) is 61.1 Å². The number of aromatic nitrogens is 6. The van der Waals surface area contributed by atoms with Crippen molar-refractivity contribution >= 4 is 16.9 Å². The van der Waals surface area contributed by atoms with Crippen molar-refractivity contribution in [3.8, 4) is 0 Å². The predicted octanol–water partition coefficient (Wildman–Crippen LogP) is 2.55. The molecule has 8 nitrogen and oxygen atoms in total. The molecule has 1 atom stereocenters. The van der Waals surface area contributed by atoms with Crippen molar-refractivity contribution in [3.63, 3.8) is 0 Å². The Morgan fingerprint density at radius 1 is 1.14 bits per heavy atom. The molecule has 0 aliphatic carbocycles. The van der Waals surface area contributed by atoms with E-state index in [1.165, 1.54) is 5.56 Å². The number of aromatic amines is 1. The van der Waals surface area contributed by atoms with E-state index in [4.69, 9.17) is 0 Å². The molecule has 0 saturated carbocycles. The maximum absolute atomic E-state index is 13.0. The van der Waals surface area contributed by atoms with Gasteiger partial charge in [0.15, 0.2) is 11.5 Å². The first-order valence-corrected chi connectivity index (χ1v) is 9.75. The smallest absolute Gasteiger partial charge is 0.273 e. The summed E-state index contributed by atoms with van der Waals surface area (Å²) in [5.41, 5.74) is 2.31. The van der Waals surface area contributed by atoms with Crippen molar-refractivity contribution in [1.82, 2.24) is 34.8 Å². The first-order chi connectivity index (χ1) is 14.2. The van der Waals surface area contributed by atoms with E-state index in [-0.39, 0.29) is 11.9 Å². The standard InChI is InChI=1S/C21H21N7O/c1-14-12-27(21(29)17-9-8-16-11-22-26-20(16)23-17)13-19-25-24-18(28(14)19)10-7-15-5-3-2-4-6-15/h2-6,8-9,11,14H,7,10,12-13H2,1H3,(H,22,23,26)/t14-/m0/s1. The topological polar surface area (TPSA) is 92.6 Å². The molecule has 1 aliphatic rings. The molecule has 1 aliphatic heterocycles. The highest BCUT2D eigenvalue weighted by Gasteiger charge is 2.30. The summed E-state index contributed by atoms with van der Waals surface area (Å²) < 4.78 is 2.18. The van der Waals surface area contributed by atoms with Crippen molar-refractivity contribution in [2.75, 3.05) is 6.54 Å². The van der Waals surface area contributed by atoms with Crippen LogP contribution in [0.3, 0.4) is 0 Å². The summed E-state index contributed by atoms with van der Waals surface area (Å²) in [5.74, 6) is 1.69. The molecule has 0 fully saturated rings. The molecule has 29 heavy (non-hydrogen) atoms. The SMILES string of the molecule is C[C@H]1CN(C(=O)c2ccc3cn[nH]c3n2)Cc2nnc(CCc3ccccc3)n21. The van der Waals surface area contributed by atoms with Gasteiger partial charge in [0.25, 0.3) is 5.91 Å². The third kappa shape index (κ3) is 3.26. The summed E-state index contributed by atoms with van der Waals surface area (Å²) in [4.78, 5) is 19.2. The third-order valence-electron chi connectivity index (χ3n) is 5.38. The van der Waals surface area contributed by atoms with Gasteiger partial charge in [-0.2, -0.15) is 5.10 Å². The van der Waals surface area contributed by atoms with Crippen LogP contribution in [0.2, 0.25) is 0 Å². The Hall–Kier alpha value is -3.55. The number of amides is 1. The number of nitrogens with one attached hydrogen (secondary N) is 1. The Morgan fingerprint density at radius 2 is 2.00 bits per heavy atom. The van der Waals surface area contributed by atoms with Crippen molar-refractivity contribution in [3.05, 3.63) is 71.6 Å². The van der Waals surface area contributed by atoms with Gasteiger partial charge in [-0.25, -0.2) is 4.98 Å². The Labute approximate surface area is 167 Å². The zero-order valence-electron chi connectivity index (χ0n) is 16.1. The van der Waals surface area contributed by atoms with E-state index in [0.717, 1.165) is 29.9 Å². The predicted molar refractivity (Wildman–Crippen MR) is 107 cm³/mol. The normalized spacial score (nSPS) is 16.2. The van der Waals surface area contributed by atoms with Gasteiger partial charge >= 0.3 is 0 Å². The molecule has 0 radical (unpaired) electrons. The van der Waals surface area contributed by atoms with Crippen LogP contribution in [0.5, 0.6) is 0 Å². The number of benzene rings is 1. The molecule has 0 spiro atoms. The van der Waals surface area contributed by atoms with Crippen LogP contribution in [-0.2, 0) is 19.4 Å². The van der Waals surface area contributed by atoms with Gasteiger partial charge in [0.2, 0.25) is 0 Å². The van der Waals surface area contributed by atoms with Crippen LogP contribution in [-0.4, -0.2) is 47.3 Å². The number of hydrogen-bond acceptors (Lipinski definition) is 5. The van der Waals surface area contributed by atoms with E-state index in [0.29, 0.717) is 24.4 Å². The highest BCUT2D eigenvalue weighted by Crippen LogP contribution is 2.24.